The van der Waals surface area contributed by atoms with Crippen molar-refractivity contribution in [3.8, 4) is 0 Å². The van der Waals surface area contributed by atoms with Gasteiger partial charge in [-0.2, -0.15) is 11.3 Å². The number of nitrogens with one attached hydrogen (secondary N) is 1. The maximum atomic E-state index is 6.13. The van der Waals surface area contributed by atoms with E-state index in [0.29, 0.717) is 0 Å². The van der Waals surface area contributed by atoms with E-state index in [4.69, 9.17) is 23.2 Å². The molecule has 0 spiro atoms. The van der Waals surface area contributed by atoms with Crippen LogP contribution in [0.2, 0.25) is 8.67 Å². The zero-order valence-electron chi connectivity index (χ0n) is 7.96. The number of rotatable bonds is 3. The molecule has 0 bridgehead atoms. The van der Waals surface area contributed by atoms with Crippen molar-refractivity contribution in [2.24, 2.45) is 0 Å². The maximum Gasteiger partial charge on any atom is 0.0995 e. The van der Waals surface area contributed by atoms with Crippen molar-refractivity contribution in [3.05, 3.63) is 42.7 Å². The summed E-state index contributed by atoms with van der Waals surface area (Å²) in [4.78, 5) is 0. The Balaban J connectivity index is 2.39. The van der Waals surface area contributed by atoms with Crippen LogP contribution in [0.25, 0.3) is 0 Å². The molecule has 80 valence electrons. The van der Waals surface area contributed by atoms with Crippen molar-refractivity contribution in [3.63, 3.8) is 0 Å². The first-order chi connectivity index (χ1) is 7.22. The summed E-state index contributed by atoms with van der Waals surface area (Å²) in [5.74, 6) is 0. The van der Waals surface area contributed by atoms with Crippen LogP contribution < -0.4 is 5.32 Å². The second-order valence-electron chi connectivity index (χ2n) is 3.06. The van der Waals surface area contributed by atoms with Gasteiger partial charge in [-0.05, 0) is 35.5 Å². The molecule has 0 aliphatic carbocycles. The van der Waals surface area contributed by atoms with Crippen LogP contribution >= 0.6 is 45.9 Å². The van der Waals surface area contributed by atoms with E-state index < -0.39 is 0 Å². The van der Waals surface area contributed by atoms with E-state index in [1.54, 1.807) is 11.3 Å². The van der Waals surface area contributed by atoms with Crippen molar-refractivity contribution in [1.29, 1.82) is 0 Å². The van der Waals surface area contributed by atoms with Gasteiger partial charge in [0, 0.05) is 5.56 Å². The molecule has 15 heavy (non-hydrogen) atoms. The Morgan fingerprint density at radius 3 is 2.67 bits per heavy atom. The molecule has 1 atom stereocenters. The summed E-state index contributed by atoms with van der Waals surface area (Å²) >= 11 is 15.2. The van der Waals surface area contributed by atoms with Crippen molar-refractivity contribution >= 4 is 45.9 Å². The lowest BCUT2D eigenvalue weighted by atomic mass is 10.1. The number of thiophene rings is 2. The first kappa shape index (κ1) is 11.4. The van der Waals surface area contributed by atoms with Crippen molar-refractivity contribution in [2.45, 2.75) is 6.04 Å². The topological polar surface area (TPSA) is 12.0 Å². The van der Waals surface area contributed by atoms with E-state index in [0.717, 1.165) is 14.2 Å². The zero-order chi connectivity index (χ0) is 10.8. The van der Waals surface area contributed by atoms with Crippen LogP contribution in [0.15, 0.2) is 22.9 Å². The SMILES string of the molecule is CNC(c1ccsc1)c1cc(Cl)sc1Cl. The summed E-state index contributed by atoms with van der Waals surface area (Å²) in [7, 11) is 1.92. The standard InChI is InChI=1S/C10H9Cl2NS2/c1-13-9(6-2-3-14-5-6)7-4-8(11)15-10(7)12/h2-5,9,13H,1H3. The molecular weight excluding hydrogens is 269 g/mol. The minimum absolute atomic E-state index is 0.132. The first-order valence-corrected chi connectivity index (χ1v) is 6.88. The quantitative estimate of drug-likeness (QED) is 0.876. The van der Waals surface area contributed by atoms with E-state index >= 15 is 0 Å². The Bertz CT molecular complexity index is 436. The summed E-state index contributed by atoms with van der Waals surface area (Å²) in [5.41, 5.74) is 2.27. The molecule has 0 radical (unpaired) electrons. The molecule has 0 saturated carbocycles. The fraction of sp³-hybridized carbons (Fsp3) is 0.200. The van der Waals surface area contributed by atoms with Crippen molar-refractivity contribution < 1.29 is 0 Å². The van der Waals surface area contributed by atoms with Gasteiger partial charge in [-0.15, -0.1) is 11.3 Å². The third kappa shape index (κ3) is 2.37. The largest absolute Gasteiger partial charge is 0.309 e. The Morgan fingerprint density at radius 2 is 2.20 bits per heavy atom. The predicted molar refractivity (Wildman–Crippen MR) is 69.6 cm³/mol. The lowest BCUT2D eigenvalue weighted by Gasteiger charge is -2.13. The third-order valence-corrected chi connectivity index (χ3v) is 4.38. The third-order valence-electron chi connectivity index (χ3n) is 2.16. The molecule has 1 nitrogen and oxygen atoms in total. The molecule has 0 aliphatic heterocycles. The molecule has 2 aromatic heterocycles. The predicted octanol–water partition coefficient (Wildman–Crippen LogP) is 4.43. The van der Waals surface area contributed by atoms with E-state index in [-0.39, 0.29) is 6.04 Å². The molecule has 1 unspecified atom stereocenters. The highest BCUT2D eigenvalue weighted by Gasteiger charge is 2.17. The van der Waals surface area contributed by atoms with Crippen LogP contribution in [-0.4, -0.2) is 7.05 Å². The second-order valence-corrected chi connectivity index (χ2v) is 6.12. The van der Waals surface area contributed by atoms with E-state index in [2.05, 4.69) is 22.1 Å². The lowest BCUT2D eigenvalue weighted by molar-refractivity contribution is 0.697. The van der Waals surface area contributed by atoms with Crippen LogP contribution in [0.5, 0.6) is 0 Å². The average molecular weight is 278 g/mol. The summed E-state index contributed by atoms with van der Waals surface area (Å²) in [6, 6.07) is 4.15. The van der Waals surface area contributed by atoms with Gasteiger partial charge in [0.25, 0.3) is 0 Å². The number of hydrogen-bond acceptors (Lipinski definition) is 3. The number of halogens is 2. The van der Waals surface area contributed by atoms with E-state index in [1.807, 2.05) is 13.1 Å². The average Bonchev–Trinajstić information content (AvgIpc) is 2.79. The van der Waals surface area contributed by atoms with Gasteiger partial charge in [-0.3, -0.25) is 0 Å². The summed E-state index contributed by atoms with van der Waals surface area (Å²) in [6.45, 7) is 0. The Morgan fingerprint density at radius 1 is 1.40 bits per heavy atom. The van der Waals surface area contributed by atoms with Crippen molar-refractivity contribution in [2.75, 3.05) is 7.05 Å². The van der Waals surface area contributed by atoms with Gasteiger partial charge in [-0.25, -0.2) is 0 Å². The fourth-order valence-electron chi connectivity index (χ4n) is 1.49. The second kappa shape index (κ2) is 4.85. The lowest BCUT2D eigenvalue weighted by Crippen LogP contribution is -2.16. The highest BCUT2D eigenvalue weighted by atomic mass is 35.5. The van der Waals surface area contributed by atoms with Crippen LogP contribution in [0.3, 0.4) is 0 Å². The summed E-state index contributed by atoms with van der Waals surface area (Å²) < 4.78 is 1.48. The molecule has 1 N–H and O–H groups in total. The van der Waals surface area contributed by atoms with Crippen LogP contribution in [0, 0.1) is 0 Å². The summed E-state index contributed by atoms with van der Waals surface area (Å²) in [6.07, 6.45) is 0. The smallest absolute Gasteiger partial charge is 0.0995 e. The van der Waals surface area contributed by atoms with Gasteiger partial charge in [-0.1, -0.05) is 23.2 Å². The zero-order valence-corrected chi connectivity index (χ0v) is 11.1. The molecule has 2 rings (SSSR count). The minimum atomic E-state index is 0.132. The highest BCUT2D eigenvalue weighted by Crippen LogP contribution is 2.37. The van der Waals surface area contributed by atoms with Gasteiger partial charge in [0.05, 0.1) is 14.7 Å². The molecule has 0 fully saturated rings. The van der Waals surface area contributed by atoms with Gasteiger partial charge in [0.15, 0.2) is 0 Å². The molecule has 2 aromatic rings. The van der Waals surface area contributed by atoms with Gasteiger partial charge in [0.2, 0.25) is 0 Å². The normalized spacial score (nSPS) is 13.0. The molecule has 0 amide bonds. The Kier molecular flexibility index (Phi) is 3.69. The van der Waals surface area contributed by atoms with E-state index in [9.17, 15) is 0 Å². The molecule has 0 saturated heterocycles. The van der Waals surface area contributed by atoms with Gasteiger partial charge in [0.1, 0.15) is 0 Å². The number of hydrogen-bond donors (Lipinski definition) is 1. The van der Waals surface area contributed by atoms with Crippen LogP contribution in [0.1, 0.15) is 17.2 Å². The van der Waals surface area contributed by atoms with Gasteiger partial charge >= 0.3 is 0 Å². The Hall–Kier alpha value is -0.0600. The minimum Gasteiger partial charge on any atom is -0.309 e. The van der Waals surface area contributed by atoms with Crippen LogP contribution in [0.4, 0.5) is 0 Å². The first-order valence-electron chi connectivity index (χ1n) is 4.36. The monoisotopic (exact) mass is 277 g/mol. The van der Waals surface area contributed by atoms with E-state index in [1.165, 1.54) is 16.9 Å². The molecule has 0 aliphatic rings. The maximum absolute atomic E-state index is 6.13. The molecule has 0 aromatic carbocycles. The Labute approximate surface area is 107 Å². The highest BCUT2D eigenvalue weighted by molar-refractivity contribution is 7.20. The van der Waals surface area contributed by atoms with Gasteiger partial charge < -0.3 is 5.32 Å². The fourth-order valence-corrected chi connectivity index (χ4v) is 3.71. The van der Waals surface area contributed by atoms with Crippen LogP contribution in [-0.2, 0) is 0 Å². The molecule has 2 heterocycles. The molecular formula is C10H9Cl2NS2. The van der Waals surface area contributed by atoms with Crippen molar-refractivity contribution in [1.82, 2.24) is 5.32 Å². The summed E-state index contributed by atoms with van der Waals surface area (Å²) in [5, 5.41) is 7.42. The molecule has 5 heteroatoms.